The Morgan fingerprint density at radius 1 is 1.39 bits per heavy atom. The summed E-state index contributed by atoms with van der Waals surface area (Å²) in [4.78, 5) is 15.8. The molecule has 7 heteroatoms. The molecule has 0 aliphatic heterocycles. The molecule has 1 aromatic carbocycles. The number of nitrogens with one attached hydrogen (secondary N) is 2. The number of nitrogen functional groups attached to an aromatic ring is 1. The second kappa shape index (κ2) is 8.38. The fraction of sp³-hybridized carbons (Fsp3) is 0.375. The maximum Gasteiger partial charge on any atom is 0.319 e. The van der Waals surface area contributed by atoms with Crippen LogP contribution in [0.15, 0.2) is 24.4 Å². The first kappa shape index (κ1) is 17.1. The molecule has 6 nitrogen and oxygen atoms in total. The normalized spacial score (nSPS) is 10.3. The Morgan fingerprint density at radius 3 is 2.87 bits per heavy atom. The predicted molar refractivity (Wildman–Crippen MR) is 94.3 cm³/mol. The Hall–Kier alpha value is -2.28. The number of thiazole rings is 1. The van der Waals surface area contributed by atoms with Crippen molar-refractivity contribution in [3.63, 3.8) is 0 Å². The highest BCUT2D eigenvalue weighted by molar-refractivity contribution is 7.17. The first-order chi connectivity index (χ1) is 11.1. The van der Waals surface area contributed by atoms with Gasteiger partial charge in [0.1, 0.15) is 5.75 Å². The minimum absolute atomic E-state index is 0.187. The zero-order valence-electron chi connectivity index (χ0n) is 13.4. The molecule has 1 aromatic heterocycles. The van der Waals surface area contributed by atoms with E-state index in [0.717, 1.165) is 30.5 Å². The number of hydrogen-bond acceptors (Lipinski definition) is 5. The van der Waals surface area contributed by atoms with E-state index in [1.807, 2.05) is 19.1 Å². The molecule has 0 aliphatic rings. The number of rotatable bonds is 7. The number of ether oxygens (including phenoxy) is 1. The van der Waals surface area contributed by atoms with Crippen LogP contribution in [0, 0.1) is 6.92 Å². The van der Waals surface area contributed by atoms with E-state index < -0.39 is 0 Å². The average molecular weight is 334 g/mol. The van der Waals surface area contributed by atoms with Gasteiger partial charge in [-0.05, 0) is 37.1 Å². The molecular formula is C16H22N4O2S. The molecule has 124 valence electrons. The second-order valence-corrected chi connectivity index (χ2v) is 6.21. The number of hydrogen-bond donors (Lipinski definition) is 3. The molecule has 2 rings (SSSR count). The van der Waals surface area contributed by atoms with Crippen LogP contribution in [0.25, 0.3) is 0 Å². The largest absolute Gasteiger partial charge is 0.445 e. The van der Waals surface area contributed by atoms with Crippen LogP contribution in [0.5, 0.6) is 10.8 Å². The van der Waals surface area contributed by atoms with Crippen molar-refractivity contribution < 1.29 is 9.53 Å². The van der Waals surface area contributed by atoms with Crippen molar-refractivity contribution in [1.82, 2.24) is 10.3 Å². The summed E-state index contributed by atoms with van der Waals surface area (Å²) >= 11 is 1.28. The topological polar surface area (TPSA) is 89.3 Å². The highest BCUT2D eigenvalue weighted by Crippen LogP contribution is 2.30. The summed E-state index contributed by atoms with van der Waals surface area (Å²) < 4.78 is 5.68. The molecule has 0 saturated heterocycles. The third kappa shape index (κ3) is 5.45. The minimum atomic E-state index is -0.187. The van der Waals surface area contributed by atoms with Crippen LogP contribution in [0.3, 0.4) is 0 Å². The zero-order chi connectivity index (χ0) is 16.7. The van der Waals surface area contributed by atoms with Crippen molar-refractivity contribution in [2.24, 2.45) is 0 Å². The van der Waals surface area contributed by atoms with Crippen molar-refractivity contribution in [2.45, 2.75) is 33.1 Å². The zero-order valence-corrected chi connectivity index (χ0v) is 14.2. The molecule has 0 aliphatic carbocycles. The Kier molecular flexibility index (Phi) is 6.22. The van der Waals surface area contributed by atoms with Crippen molar-refractivity contribution >= 4 is 28.2 Å². The van der Waals surface area contributed by atoms with Gasteiger partial charge in [0.25, 0.3) is 0 Å². The number of benzene rings is 1. The van der Waals surface area contributed by atoms with Crippen LogP contribution >= 0.6 is 11.3 Å². The van der Waals surface area contributed by atoms with Crippen LogP contribution in [-0.4, -0.2) is 17.6 Å². The average Bonchev–Trinajstić information content (AvgIpc) is 2.92. The molecule has 0 fully saturated rings. The molecule has 0 saturated carbocycles. The molecule has 1 heterocycles. The molecule has 4 N–H and O–H groups in total. The number of anilines is 2. The van der Waals surface area contributed by atoms with E-state index in [2.05, 4.69) is 22.5 Å². The van der Waals surface area contributed by atoms with Gasteiger partial charge in [-0.1, -0.05) is 31.1 Å². The summed E-state index contributed by atoms with van der Waals surface area (Å²) in [5.74, 6) is 0.681. The lowest BCUT2D eigenvalue weighted by atomic mass is 10.2. The first-order valence-corrected chi connectivity index (χ1v) is 8.44. The van der Waals surface area contributed by atoms with Crippen molar-refractivity contribution in [3.8, 4) is 10.8 Å². The predicted octanol–water partition coefficient (Wildman–Crippen LogP) is 4.14. The standard InChI is InChI=1S/C16H22N4O2S/c1-3-4-5-8-18-16(21)20-13-7-6-12(9-11(13)2)22-14-10-19-15(17)23-14/h6-7,9-10H,3-5,8H2,1-2H3,(H2,17,19)(H2,18,20,21). The molecule has 0 spiro atoms. The van der Waals surface area contributed by atoms with Gasteiger partial charge in [0.05, 0.1) is 6.20 Å². The molecule has 0 bridgehead atoms. The summed E-state index contributed by atoms with van der Waals surface area (Å²) in [6.07, 6.45) is 4.83. The van der Waals surface area contributed by atoms with E-state index in [0.29, 0.717) is 22.5 Å². The molecule has 0 radical (unpaired) electrons. The number of urea groups is 1. The second-order valence-electron chi connectivity index (χ2n) is 5.18. The Labute approximate surface area is 140 Å². The molecule has 23 heavy (non-hydrogen) atoms. The quantitative estimate of drug-likeness (QED) is 0.664. The SMILES string of the molecule is CCCCCNC(=O)Nc1ccc(Oc2cnc(N)s2)cc1C. The lowest BCUT2D eigenvalue weighted by Crippen LogP contribution is -2.29. The lowest BCUT2D eigenvalue weighted by molar-refractivity contribution is 0.252. The Bertz CT molecular complexity index is 657. The number of nitrogens with zero attached hydrogens (tertiary/aromatic N) is 1. The summed E-state index contributed by atoms with van der Waals surface area (Å²) in [7, 11) is 0. The Balaban J connectivity index is 1.90. The van der Waals surface area contributed by atoms with Crippen molar-refractivity contribution in [2.75, 3.05) is 17.6 Å². The number of aryl methyl sites for hydroxylation is 1. The maximum absolute atomic E-state index is 11.8. The van der Waals surface area contributed by atoms with Crippen LogP contribution in [0.4, 0.5) is 15.6 Å². The molecule has 2 amide bonds. The summed E-state index contributed by atoms with van der Waals surface area (Å²) in [6, 6.07) is 5.30. The third-order valence-corrected chi connectivity index (χ3v) is 3.94. The molecule has 0 atom stereocenters. The van der Waals surface area contributed by atoms with Crippen molar-refractivity contribution in [1.29, 1.82) is 0 Å². The van der Waals surface area contributed by atoms with E-state index in [1.165, 1.54) is 11.3 Å². The summed E-state index contributed by atoms with van der Waals surface area (Å²) in [5, 5.41) is 6.80. The highest BCUT2D eigenvalue weighted by atomic mass is 32.1. The van der Waals surface area contributed by atoms with Crippen molar-refractivity contribution in [3.05, 3.63) is 30.0 Å². The number of nitrogens with two attached hydrogens (primary N) is 1. The van der Waals surface area contributed by atoms with Gasteiger partial charge in [0, 0.05) is 12.2 Å². The van der Waals surface area contributed by atoms with Gasteiger partial charge in [0.15, 0.2) is 5.13 Å². The van der Waals surface area contributed by atoms with E-state index >= 15 is 0 Å². The van der Waals surface area contributed by atoms with Crippen LogP contribution < -0.4 is 21.1 Å². The smallest absolute Gasteiger partial charge is 0.319 e. The maximum atomic E-state index is 11.8. The molecular weight excluding hydrogens is 312 g/mol. The number of carbonyl (C=O) groups excluding carboxylic acids is 1. The number of unbranched alkanes of at least 4 members (excludes halogenated alkanes) is 2. The van der Waals surface area contributed by atoms with Gasteiger partial charge in [0.2, 0.25) is 5.06 Å². The van der Waals surface area contributed by atoms with Gasteiger partial charge in [-0.2, -0.15) is 0 Å². The van der Waals surface area contributed by atoms with Gasteiger partial charge in [-0.15, -0.1) is 0 Å². The van der Waals surface area contributed by atoms with E-state index in [4.69, 9.17) is 10.5 Å². The van der Waals surface area contributed by atoms with Gasteiger partial charge in [-0.3, -0.25) is 0 Å². The summed E-state index contributed by atoms with van der Waals surface area (Å²) in [5.41, 5.74) is 7.25. The van der Waals surface area contributed by atoms with Gasteiger partial charge >= 0.3 is 6.03 Å². The lowest BCUT2D eigenvalue weighted by Gasteiger charge is -2.11. The highest BCUT2D eigenvalue weighted by Gasteiger charge is 2.07. The van der Waals surface area contributed by atoms with E-state index in [9.17, 15) is 4.79 Å². The first-order valence-electron chi connectivity index (χ1n) is 7.63. The monoisotopic (exact) mass is 334 g/mol. The van der Waals surface area contributed by atoms with Gasteiger partial charge < -0.3 is 21.1 Å². The molecule has 0 unspecified atom stereocenters. The minimum Gasteiger partial charge on any atom is -0.445 e. The van der Waals surface area contributed by atoms with Crippen LogP contribution in [-0.2, 0) is 0 Å². The van der Waals surface area contributed by atoms with E-state index in [1.54, 1.807) is 12.3 Å². The van der Waals surface area contributed by atoms with E-state index in [-0.39, 0.29) is 6.03 Å². The number of carbonyl (C=O) groups is 1. The van der Waals surface area contributed by atoms with Crippen LogP contribution in [0.2, 0.25) is 0 Å². The fourth-order valence-electron chi connectivity index (χ4n) is 2.02. The van der Waals surface area contributed by atoms with Gasteiger partial charge in [-0.25, -0.2) is 9.78 Å². The summed E-state index contributed by atoms with van der Waals surface area (Å²) in [6.45, 7) is 4.74. The molecule has 2 aromatic rings. The fourth-order valence-corrected chi connectivity index (χ4v) is 2.57. The number of amides is 2. The third-order valence-electron chi connectivity index (χ3n) is 3.23. The van der Waals surface area contributed by atoms with Crippen LogP contribution in [0.1, 0.15) is 31.7 Å². The Morgan fingerprint density at radius 2 is 2.22 bits per heavy atom. The number of aromatic nitrogens is 1.